The SMILES string of the molecule is Cl.Cl.[Zr].c1ccc([CH-]c2ccccc2)cc1. The van der Waals surface area contributed by atoms with Gasteiger partial charge in [-0.3, -0.25) is 0 Å². The fraction of sp³-hybridized carbons (Fsp3) is 0. The van der Waals surface area contributed by atoms with E-state index in [1.54, 1.807) is 0 Å². The fourth-order valence-electron chi connectivity index (χ4n) is 1.29. The third kappa shape index (κ3) is 5.75. The van der Waals surface area contributed by atoms with Crippen molar-refractivity contribution in [3.8, 4) is 0 Å². The predicted octanol–water partition coefficient (Wildman–Crippen LogP) is 4.13. The van der Waals surface area contributed by atoms with Gasteiger partial charge in [0.15, 0.2) is 0 Å². The van der Waals surface area contributed by atoms with Crippen molar-refractivity contribution in [3.05, 3.63) is 78.2 Å². The summed E-state index contributed by atoms with van der Waals surface area (Å²) in [5.74, 6) is 0. The van der Waals surface area contributed by atoms with Crippen molar-refractivity contribution in [2.45, 2.75) is 0 Å². The van der Waals surface area contributed by atoms with Crippen LogP contribution in [-0.2, 0) is 26.2 Å². The average Bonchev–Trinajstić information content (AvgIpc) is 2.21. The van der Waals surface area contributed by atoms with Gasteiger partial charge in [-0.1, -0.05) is 36.4 Å². The first-order valence-corrected chi connectivity index (χ1v) is 4.40. The molecule has 0 heterocycles. The van der Waals surface area contributed by atoms with Gasteiger partial charge in [-0.25, -0.2) is 0 Å². The van der Waals surface area contributed by atoms with Crippen molar-refractivity contribution in [2.75, 3.05) is 0 Å². The van der Waals surface area contributed by atoms with Gasteiger partial charge in [0, 0.05) is 26.2 Å². The molecule has 0 bridgehead atoms. The van der Waals surface area contributed by atoms with Crippen LogP contribution < -0.4 is 0 Å². The monoisotopic (exact) mass is 329 g/mol. The van der Waals surface area contributed by atoms with Gasteiger partial charge in [-0.15, -0.1) is 66.6 Å². The van der Waals surface area contributed by atoms with Crippen LogP contribution in [0.5, 0.6) is 0 Å². The van der Waals surface area contributed by atoms with Crippen LogP contribution in [0.3, 0.4) is 0 Å². The average molecular weight is 331 g/mol. The van der Waals surface area contributed by atoms with E-state index in [9.17, 15) is 0 Å². The Morgan fingerprint density at radius 3 is 1.19 bits per heavy atom. The molecule has 0 N–H and O–H groups in total. The normalized spacial score (nSPS) is 7.75. The van der Waals surface area contributed by atoms with Crippen molar-refractivity contribution in [1.29, 1.82) is 0 Å². The van der Waals surface area contributed by atoms with Crippen LogP contribution in [0.2, 0.25) is 0 Å². The molecule has 0 atom stereocenters. The summed E-state index contributed by atoms with van der Waals surface area (Å²) in [4.78, 5) is 0. The van der Waals surface area contributed by atoms with Crippen LogP contribution in [0.1, 0.15) is 11.1 Å². The Hall–Kier alpha value is -0.227. The van der Waals surface area contributed by atoms with Gasteiger partial charge in [0.1, 0.15) is 0 Å². The number of hydrogen-bond acceptors (Lipinski definition) is 0. The Balaban J connectivity index is 0. The maximum atomic E-state index is 2.17. The van der Waals surface area contributed by atoms with E-state index >= 15 is 0 Å². The smallest absolute Gasteiger partial charge is 0 e. The molecule has 0 radical (unpaired) electrons. The second-order valence-corrected chi connectivity index (χ2v) is 2.97. The summed E-state index contributed by atoms with van der Waals surface area (Å²) < 4.78 is 0. The molecule has 2 rings (SSSR count). The Labute approximate surface area is 128 Å². The largest absolute Gasteiger partial charge is 0.147 e. The summed E-state index contributed by atoms with van der Waals surface area (Å²) in [6, 6.07) is 20.7. The molecule has 0 amide bonds. The third-order valence-electron chi connectivity index (χ3n) is 1.93. The van der Waals surface area contributed by atoms with Crippen LogP contribution in [0, 0.1) is 6.42 Å². The zero-order chi connectivity index (χ0) is 8.93. The van der Waals surface area contributed by atoms with Crippen molar-refractivity contribution in [1.82, 2.24) is 0 Å². The molecule has 0 nitrogen and oxygen atoms in total. The maximum absolute atomic E-state index is 2.17. The van der Waals surface area contributed by atoms with E-state index in [0.717, 1.165) is 0 Å². The molecule has 3 heteroatoms. The zero-order valence-corrected chi connectivity index (χ0v) is 12.8. The van der Waals surface area contributed by atoms with Crippen LogP contribution in [-0.4, -0.2) is 0 Å². The molecule has 0 aliphatic carbocycles. The Morgan fingerprint density at radius 2 is 0.875 bits per heavy atom. The van der Waals surface area contributed by atoms with Gasteiger partial charge in [0.2, 0.25) is 0 Å². The number of benzene rings is 2. The minimum absolute atomic E-state index is 0. The van der Waals surface area contributed by atoms with E-state index in [2.05, 4.69) is 55.0 Å². The van der Waals surface area contributed by atoms with E-state index in [1.807, 2.05) is 12.1 Å². The quantitative estimate of drug-likeness (QED) is 0.726. The van der Waals surface area contributed by atoms with Crippen molar-refractivity contribution in [3.63, 3.8) is 0 Å². The Kier molecular flexibility index (Phi) is 11.3. The standard InChI is InChI=1S/C13H11.2ClH.Zr/c1-3-7-12(8-4-1)11-13-9-5-2-6-10-13;;;/h1-11H;2*1H;/q-1;;;. The first kappa shape index (κ1) is 18.1. The van der Waals surface area contributed by atoms with Crippen LogP contribution in [0.15, 0.2) is 60.7 Å². The summed E-state index contributed by atoms with van der Waals surface area (Å²) in [5, 5.41) is 0. The van der Waals surface area contributed by atoms with E-state index < -0.39 is 0 Å². The molecule has 16 heavy (non-hydrogen) atoms. The molecule has 0 fully saturated rings. The van der Waals surface area contributed by atoms with Crippen molar-refractivity contribution >= 4 is 24.8 Å². The molecule has 0 spiro atoms. The van der Waals surface area contributed by atoms with Gasteiger partial charge < -0.3 is 0 Å². The molecule has 2 aromatic carbocycles. The van der Waals surface area contributed by atoms with Gasteiger partial charge in [-0.05, 0) is 0 Å². The number of halogens is 2. The van der Waals surface area contributed by atoms with Crippen LogP contribution in [0.4, 0.5) is 0 Å². The Morgan fingerprint density at radius 1 is 0.562 bits per heavy atom. The van der Waals surface area contributed by atoms with Gasteiger partial charge in [0.05, 0.1) is 0 Å². The predicted molar refractivity (Wildman–Crippen MR) is 69.9 cm³/mol. The summed E-state index contributed by atoms with van der Waals surface area (Å²) in [5.41, 5.74) is 2.49. The summed E-state index contributed by atoms with van der Waals surface area (Å²) >= 11 is 0. The molecule has 0 saturated carbocycles. The van der Waals surface area contributed by atoms with E-state index in [1.165, 1.54) is 11.1 Å². The maximum Gasteiger partial charge on any atom is 0 e. The number of hydrogen-bond donors (Lipinski definition) is 0. The zero-order valence-electron chi connectivity index (χ0n) is 8.67. The molecular formula is C13H13Cl2Zr-. The summed E-state index contributed by atoms with van der Waals surface area (Å²) in [6.07, 6.45) is 2.17. The molecular weight excluding hydrogens is 318 g/mol. The van der Waals surface area contributed by atoms with E-state index in [4.69, 9.17) is 0 Å². The minimum atomic E-state index is 0. The van der Waals surface area contributed by atoms with E-state index in [0.29, 0.717) is 0 Å². The van der Waals surface area contributed by atoms with E-state index in [-0.39, 0.29) is 51.0 Å². The fourth-order valence-corrected chi connectivity index (χ4v) is 1.29. The molecule has 0 saturated heterocycles. The number of rotatable bonds is 2. The molecule has 0 aliphatic rings. The van der Waals surface area contributed by atoms with Gasteiger partial charge in [0.25, 0.3) is 0 Å². The molecule has 0 aromatic heterocycles. The first-order chi connectivity index (χ1) is 6.45. The third-order valence-corrected chi connectivity index (χ3v) is 1.93. The minimum Gasteiger partial charge on any atom is -0.147 e. The summed E-state index contributed by atoms with van der Waals surface area (Å²) in [6.45, 7) is 0. The summed E-state index contributed by atoms with van der Waals surface area (Å²) in [7, 11) is 0. The van der Waals surface area contributed by atoms with Crippen molar-refractivity contribution < 1.29 is 26.2 Å². The van der Waals surface area contributed by atoms with Gasteiger partial charge >= 0.3 is 0 Å². The second kappa shape index (κ2) is 9.96. The molecule has 0 unspecified atom stereocenters. The van der Waals surface area contributed by atoms with Crippen LogP contribution in [0.25, 0.3) is 0 Å². The Bertz CT molecular complexity index is 325. The van der Waals surface area contributed by atoms with Crippen LogP contribution >= 0.6 is 24.8 Å². The van der Waals surface area contributed by atoms with Gasteiger partial charge in [-0.2, -0.15) is 0 Å². The molecule has 0 aliphatic heterocycles. The van der Waals surface area contributed by atoms with Crippen molar-refractivity contribution in [2.24, 2.45) is 0 Å². The topological polar surface area (TPSA) is 0 Å². The molecule has 2 aromatic rings. The first-order valence-electron chi connectivity index (χ1n) is 4.40. The second-order valence-electron chi connectivity index (χ2n) is 2.97. The molecule has 84 valence electrons.